The maximum Gasteiger partial charge on any atom is 0.0786 e. The maximum atomic E-state index is 4.64. The third-order valence-corrected chi connectivity index (χ3v) is 3.94. The highest BCUT2D eigenvalue weighted by atomic mass is 14.6. The van der Waals surface area contributed by atoms with Crippen molar-refractivity contribution < 1.29 is 0 Å². The number of aromatic nitrogens is 1. The average Bonchev–Trinajstić information content (AvgIpc) is 2.62. The summed E-state index contributed by atoms with van der Waals surface area (Å²) in [6, 6.07) is 29.4. The van der Waals surface area contributed by atoms with E-state index < -0.39 is 0 Å². The minimum atomic E-state index is 1.05. The lowest BCUT2D eigenvalue weighted by Gasteiger charge is -2.11. The van der Waals surface area contributed by atoms with Crippen molar-refractivity contribution in [3.8, 4) is 22.3 Å². The minimum absolute atomic E-state index is 1.05. The molecule has 3 aromatic carbocycles. The Labute approximate surface area is 129 Å². The molecule has 1 heteroatoms. The first-order valence-corrected chi connectivity index (χ1v) is 7.42. The molecule has 0 spiro atoms. The molecule has 1 aromatic heterocycles. The topological polar surface area (TPSA) is 12.9 Å². The zero-order chi connectivity index (χ0) is 14.8. The Kier molecular flexibility index (Phi) is 3.17. The van der Waals surface area contributed by atoms with E-state index in [1.165, 1.54) is 27.6 Å². The van der Waals surface area contributed by atoms with Crippen molar-refractivity contribution in [2.24, 2.45) is 0 Å². The summed E-state index contributed by atoms with van der Waals surface area (Å²) < 4.78 is 0. The van der Waals surface area contributed by atoms with Gasteiger partial charge in [0.25, 0.3) is 0 Å². The van der Waals surface area contributed by atoms with Gasteiger partial charge in [-0.15, -0.1) is 0 Å². The zero-order valence-corrected chi connectivity index (χ0v) is 12.1. The lowest BCUT2D eigenvalue weighted by atomic mass is 9.95. The molecule has 22 heavy (non-hydrogen) atoms. The monoisotopic (exact) mass is 281 g/mol. The minimum Gasteiger partial charge on any atom is -0.256 e. The Bertz CT molecular complexity index is 834. The van der Waals surface area contributed by atoms with Crippen LogP contribution in [0.4, 0.5) is 0 Å². The number of hydrogen-bond acceptors (Lipinski definition) is 1. The second kappa shape index (κ2) is 5.45. The standard InChI is InChI=1S/C21H15N/c1-3-8-16(9-4-1)18-13-14-19(17-10-5-2-6-11-17)21-20(18)12-7-15-22-21/h1-15H. The SMILES string of the molecule is c1ccc(-c2ccc(-c3ccccc3)c3ncccc23)cc1. The Morgan fingerprint density at radius 2 is 1.09 bits per heavy atom. The van der Waals surface area contributed by atoms with Crippen LogP contribution in [0, 0.1) is 0 Å². The third kappa shape index (κ3) is 2.17. The summed E-state index contributed by atoms with van der Waals surface area (Å²) in [6.45, 7) is 0. The summed E-state index contributed by atoms with van der Waals surface area (Å²) in [6.07, 6.45) is 1.86. The van der Waals surface area contributed by atoms with Gasteiger partial charge in [-0.25, -0.2) is 0 Å². The number of benzene rings is 3. The van der Waals surface area contributed by atoms with Gasteiger partial charge < -0.3 is 0 Å². The fourth-order valence-electron chi connectivity index (χ4n) is 2.89. The molecule has 4 rings (SSSR count). The highest BCUT2D eigenvalue weighted by Gasteiger charge is 2.09. The van der Waals surface area contributed by atoms with Crippen molar-refractivity contribution >= 4 is 10.9 Å². The van der Waals surface area contributed by atoms with Crippen molar-refractivity contribution in [2.45, 2.75) is 0 Å². The van der Waals surface area contributed by atoms with Crippen molar-refractivity contribution in [1.82, 2.24) is 4.98 Å². The van der Waals surface area contributed by atoms with Gasteiger partial charge in [0.1, 0.15) is 0 Å². The largest absolute Gasteiger partial charge is 0.256 e. The van der Waals surface area contributed by atoms with Crippen molar-refractivity contribution in [1.29, 1.82) is 0 Å². The average molecular weight is 281 g/mol. The molecule has 0 bridgehead atoms. The molecule has 0 saturated carbocycles. The number of pyridine rings is 1. The molecule has 0 aliphatic carbocycles. The lowest BCUT2D eigenvalue weighted by molar-refractivity contribution is 1.41. The fraction of sp³-hybridized carbons (Fsp3) is 0. The van der Waals surface area contributed by atoms with Gasteiger partial charge in [0.2, 0.25) is 0 Å². The summed E-state index contributed by atoms with van der Waals surface area (Å²) in [5.74, 6) is 0. The molecule has 0 aliphatic rings. The number of hydrogen-bond donors (Lipinski definition) is 0. The van der Waals surface area contributed by atoms with Crippen LogP contribution in [0.25, 0.3) is 33.2 Å². The predicted molar refractivity (Wildman–Crippen MR) is 92.6 cm³/mol. The molecule has 104 valence electrons. The van der Waals surface area contributed by atoms with Crippen LogP contribution in [-0.4, -0.2) is 4.98 Å². The first-order valence-electron chi connectivity index (χ1n) is 7.42. The van der Waals surface area contributed by atoms with Gasteiger partial charge in [0.05, 0.1) is 5.52 Å². The van der Waals surface area contributed by atoms with E-state index in [9.17, 15) is 0 Å². The Morgan fingerprint density at radius 3 is 1.77 bits per heavy atom. The second-order valence-electron chi connectivity index (χ2n) is 5.29. The van der Waals surface area contributed by atoms with Crippen molar-refractivity contribution in [3.63, 3.8) is 0 Å². The Balaban J connectivity index is 2.01. The predicted octanol–water partition coefficient (Wildman–Crippen LogP) is 5.57. The van der Waals surface area contributed by atoms with Crippen molar-refractivity contribution in [3.05, 3.63) is 91.1 Å². The quantitative estimate of drug-likeness (QED) is 0.468. The van der Waals surface area contributed by atoms with Crippen LogP contribution in [0.3, 0.4) is 0 Å². The normalized spacial score (nSPS) is 10.7. The van der Waals surface area contributed by atoms with Gasteiger partial charge in [-0.1, -0.05) is 78.9 Å². The second-order valence-corrected chi connectivity index (χ2v) is 5.29. The number of rotatable bonds is 2. The summed E-state index contributed by atoms with van der Waals surface area (Å²) in [7, 11) is 0. The zero-order valence-electron chi connectivity index (χ0n) is 12.1. The van der Waals surface area contributed by atoms with E-state index >= 15 is 0 Å². The van der Waals surface area contributed by atoms with E-state index in [0.29, 0.717) is 0 Å². The van der Waals surface area contributed by atoms with Gasteiger partial charge in [-0.2, -0.15) is 0 Å². The van der Waals surface area contributed by atoms with Crippen LogP contribution >= 0.6 is 0 Å². The van der Waals surface area contributed by atoms with Crippen LogP contribution in [-0.2, 0) is 0 Å². The Morgan fingerprint density at radius 1 is 0.500 bits per heavy atom. The number of fused-ring (bicyclic) bond motifs is 1. The molecule has 0 fully saturated rings. The molecule has 0 aliphatic heterocycles. The summed E-state index contributed by atoms with van der Waals surface area (Å²) >= 11 is 0. The van der Waals surface area contributed by atoms with Gasteiger partial charge in [-0.05, 0) is 22.8 Å². The van der Waals surface area contributed by atoms with Crippen LogP contribution in [0.2, 0.25) is 0 Å². The van der Waals surface area contributed by atoms with Gasteiger partial charge in [0.15, 0.2) is 0 Å². The molecule has 0 N–H and O–H groups in total. The summed E-state index contributed by atoms with van der Waals surface area (Å²) in [4.78, 5) is 4.64. The molecule has 0 atom stereocenters. The van der Waals surface area contributed by atoms with Gasteiger partial charge >= 0.3 is 0 Å². The highest BCUT2D eigenvalue weighted by Crippen LogP contribution is 2.34. The highest BCUT2D eigenvalue weighted by molar-refractivity contribution is 6.02. The lowest BCUT2D eigenvalue weighted by Crippen LogP contribution is -1.88. The Hall–Kier alpha value is -2.93. The van der Waals surface area contributed by atoms with Crippen LogP contribution in [0.15, 0.2) is 91.1 Å². The van der Waals surface area contributed by atoms with E-state index in [0.717, 1.165) is 5.52 Å². The van der Waals surface area contributed by atoms with Crippen LogP contribution < -0.4 is 0 Å². The van der Waals surface area contributed by atoms with Crippen LogP contribution in [0.1, 0.15) is 0 Å². The third-order valence-electron chi connectivity index (χ3n) is 3.94. The molecular weight excluding hydrogens is 266 g/mol. The maximum absolute atomic E-state index is 4.64. The van der Waals surface area contributed by atoms with Gasteiger partial charge in [-0.3, -0.25) is 4.98 Å². The van der Waals surface area contributed by atoms with Crippen molar-refractivity contribution in [2.75, 3.05) is 0 Å². The molecule has 0 unspecified atom stereocenters. The first kappa shape index (κ1) is 12.8. The summed E-state index contributed by atoms with van der Waals surface area (Å²) in [5, 5.41) is 1.19. The molecule has 1 heterocycles. The molecular formula is C21H15N. The molecule has 1 nitrogen and oxygen atoms in total. The molecule has 0 amide bonds. The van der Waals surface area contributed by atoms with E-state index in [2.05, 4.69) is 71.7 Å². The number of nitrogens with zero attached hydrogens (tertiary/aromatic N) is 1. The summed E-state index contributed by atoms with van der Waals surface area (Å²) in [5.41, 5.74) is 5.88. The van der Waals surface area contributed by atoms with E-state index in [1.54, 1.807) is 0 Å². The first-order chi connectivity index (χ1) is 10.9. The molecule has 0 radical (unpaired) electrons. The van der Waals surface area contributed by atoms with E-state index in [-0.39, 0.29) is 0 Å². The van der Waals surface area contributed by atoms with Gasteiger partial charge in [0, 0.05) is 17.1 Å². The molecule has 0 saturated heterocycles. The van der Waals surface area contributed by atoms with E-state index in [4.69, 9.17) is 0 Å². The molecule has 4 aromatic rings. The fourth-order valence-corrected chi connectivity index (χ4v) is 2.89. The van der Waals surface area contributed by atoms with Crippen LogP contribution in [0.5, 0.6) is 0 Å². The van der Waals surface area contributed by atoms with E-state index in [1.807, 2.05) is 24.4 Å². The smallest absolute Gasteiger partial charge is 0.0786 e.